The van der Waals surface area contributed by atoms with E-state index in [0.29, 0.717) is 11.2 Å². The maximum Gasteiger partial charge on any atom is 0.148 e. The standard InChI is InChI=1S/C16H25N3/c1-10-14(18-19-15(10)17)2-3-16-7-11-4-12(8-16)6-13(5-11)9-16/h11-13H,2-9H2,1H3,(H3,17,18,19). The Balaban J connectivity index is 1.49. The quantitative estimate of drug-likeness (QED) is 0.873. The molecule has 3 nitrogen and oxygen atoms in total. The molecule has 0 saturated heterocycles. The average molecular weight is 259 g/mol. The molecule has 1 heterocycles. The van der Waals surface area contributed by atoms with Crippen LogP contribution in [0, 0.1) is 30.1 Å². The Hall–Kier alpha value is -0.990. The van der Waals surface area contributed by atoms with E-state index in [0.717, 1.165) is 24.2 Å². The molecule has 4 aliphatic carbocycles. The Morgan fingerprint density at radius 1 is 1.16 bits per heavy atom. The van der Waals surface area contributed by atoms with Crippen LogP contribution in [-0.2, 0) is 6.42 Å². The van der Waals surface area contributed by atoms with E-state index in [2.05, 4.69) is 17.1 Å². The van der Waals surface area contributed by atoms with E-state index in [1.165, 1.54) is 56.2 Å². The van der Waals surface area contributed by atoms with Gasteiger partial charge in [0.2, 0.25) is 0 Å². The van der Waals surface area contributed by atoms with Crippen molar-refractivity contribution >= 4 is 5.82 Å². The SMILES string of the molecule is Cc1c(N)n[nH]c1CCC12CC3CC(CC(C3)C1)C2. The Morgan fingerprint density at radius 3 is 2.21 bits per heavy atom. The number of nitrogens with zero attached hydrogens (tertiary/aromatic N) is 1. The summed E-state index contributed by atoms with van der Waals surface area (Å²) in [7, 11) is 0. The fourth-order valence-corrected chi connectivity index (χ4v) is 5.68. The van der Waals surface area contributed by atoms with Gasteiger partial charge in [0, 0.05) is 11.3 Å². The second-order valence-corrected chi connectivity index (χ2v) is 7.63. The van der Waals surface area contributed by atoms with Crippen LogP contribution in [0.25, 0.3) is 0 Å². The highest BCUT2D eigenvalue weighted by atomic mass is 15.2. The van der Waals surface area contributed by atoms with Gasteiger partial charge in [-0.25, -0.2) is 0 Å². The summed E-state index contributed by atoms with van der Waals surface area (Å²) in [5.74, 6) is 3.85. The van der Waals surface area contributed by atoms with Gasteiger partial charge in [-0.15, -0.1) is 0 Å². The van der Waals surface area contributed by atoms with Crippen LogP contribution in [0.2, 0.25) is 0 Å². The third kappa shape index (κ3) is 1.89. The molecular formula is C16H25N3. The number of H-pyrrole nitrogens is 1. The first-order chi connectivity index (χ1) is 9.13. The minimum atomic E-state index is 0.668. The predicted molar refractivity (Wildman–Crippen MR) is 76.7 cm³/mol. The minimum Gasteiger partial charge on any atom is -0.382 e. The third-order valence-electron chi connectivity index (χ3n) is 6.22. The van der Waals surface area contributed by atoms with Crippen LogP contribution < -0.4 is 5.73 Å². The average Bonchev–Trinajstić information content (AvgIpc) is 2.66. The molecule has 0 aliphatic heterocycles. The lowest BCUT2D eigenvalue weighted by atomic mass is 9.48. The zero-order valence-corrected chi connectivity index (χ0v) is 11.9. The number of anilines is 1. The number of nitrogens with two attached hydrogens (primary N) is 1. The molecular weight excluding hydrogens is 234 g/mol. The molecule has 1 aromatic heterocycles. The van der Waals surface area contributed by atoms with Gasteiger partial charge in [0.05, 0.1) is 0 Å². The highest BCUT2D eigenvalue weighted by Gasteiger charge is 2.50. The van der Waals surface area contributed by atoms with Crippen molar-refractivity contribution in [3.05, 3.63) is 11.3 Å². The molecule has 1 aromatic rings. The molecule has 4 saturated carbocycles. The topological polar surface area (TPSA) is 54.7 Å². The fourth-order valence-electron chi connectivity index (χ4n) is 5.68. The fraction of sp³-hybridized carbons (Fsp3) is 0.812. The Morgan fingerprint density at radius 2 is 1.74 bits per heavy atom. The molecule has 0 unspecified atom stereocenters. The summed E-state index contributed by atoms with van der Waals surface area (Å²) in [6, 6.07) is 0. The molecule has 4 bridgehead atoms. The zero-order valence-electron chi connectivity index (χ0n) is 11.9. The van der Waals surface area contributed by atoms with Crippen molar-refractivity contribution < 1.29 is 0 Å². The summed E-state index contributed by atoms with van der Waals surface area (Å²) in [5, 5.41) is 7.27. The van der Waals surface area contributed by atoms with Gasteiger partial charge in [0.15, 0.2) is 0 Å². The summed E-state index contributed by atoms with van der Waals surface area (Å²) in [6.07, 6.45) is 11.6. The lowest BCUT2D eigenvalue weighted by molar-refractivity contribution is -0.0570. The molecule has 0 aromatic carbocycles. The second-order valence-electron chi connectivity index (χ2n) is 7.63. The molecule has 0 spiro atoms. The monoisotopic (exact) mass is 259 g/mol. The van der Waals surface area contributed by atoms with Crippen LogP contribution in [0.5, 0.6) is 0 Å². The van der Waals surface area contributed by atoms with E-state index in [1.54, 1.807) is 0 Å². The maximum atomic E-state index is 5.83. The van der Waals surface area contributed by atoms with Gasteiger partial charge in [-0.2, -0.15) is 5.10 Å². The van der Waals surface area contributed by atoms with Gasteiger partial charge in [-0.3, -0.25) is 5.10 Å². The lowest BCUT2D eigenvalue weighted by Crippen LogP contribution is -2.46. The van der Waals surface area contributed by atoms with E-state index in [1.807, 2.05) is 0 Å². The Kier molecular flexibility index (Phi) is 2.49. The summed E-state index contributed by atoms with van der Waals surface area (Å²) < 4.78 is 0. The molecule has 19 heavy (non-hydrogen) atoms. The van der Waals surface area contributed by atoms with Crippen LogP contribution in [0.4, 0.5) is 5.82 Å². The van der Waals surface area contributed by atoms with Crippen molar-refractivity contribution in [2.24, 2.45) is 23.2 Å². The Bertz CT molecular complexity index is 453. The molecule has 4 fully saturated rings. The first-order valence-corrected chi connectivity index (χ1v) is 7.93. The van der Waals surface area contributed by atoms with Crippen LogP contribution in [0.15, 0.2) is 0 Å². The second kappa shape index (κ2) is 4.00. The predicted octanol–water partition coefficient (Wildman–Crippen LogP) is 3.45. The zero-order chi connectivity index (χ0) is 13.0. The number of aryl methyl sites for hydroxylation is 1. The molecule has 3 heteroatoms. The van der Waals surface area contributed by atoms with Crippen molar-refractivity contribution in [2.75, 3.05) is 5.73 Å². The largest absolute Gasteiger partial charge is 0.382 e. The number of aromatic amines is 1. The summed E-state index contributed by atoms with van der Waals surface area (Å²) >= 11 is 0. The van der Waals surface area contributed by atoms with Gasteiger partial charge >= 0.3 is 0 Å². The van der Waals surface area contributed by atoms with Crippen LogP contribution in [0.1, 0.15) is 56.2 Å². The van der Waals surface area contributed by atoms with E-state index >= 15 is 0 Å². The third-order valence-corrected chi connectivity index (χ3v) is 6.22. The highest BCUT2D eigenvalue weighted by Crippen LogP contribution is 2.61. The number of rotatable bonds is 3. The summed E-state index contributed by atoms with van der Waals surface area (Å²) in [5.41, 5.74) is 8.95. The number of nitrogen functional groups attached to an aromatic ring is 1. The molecule has 0 amide bonds. The van der Waals surface area contributed by atoms with Crippen molar-refractivity contribution in [1.82, 2.24) is 10.2 Å². The minimum absolute atomic E-state index is 0.668. The van der Waals surface area contributed by atoms with Gasteiger partial charge in [-0.1, -0.05) is 0 Å². The van der Waals surface area contributed by atoms with Crippen molar-refractivity contribution in [3.63, 3.8) is 0 Å². The van der Waals surface area contributed by atoms with Crippen LogP contribution in [-0.4, -0.2) is 10.2 Å². The van der Waals surface area contributed by atoms with E-state index in [9.17, 15) is 0 Å². The van der Waals surface area contributed by atoms with Crippen molar-refractivity contribution in [1.29, 1.82) is 0 Å². The summed E-state index contributed by atoms with van der Waals surface area (Å²) in [4.78, 5) is 0. The number of hydrogen-bond donors (Lipinski definition) is 2. The van der Waals surface area contributed by atoms with Gasteiger partial charge in [-0.05, 0) is 81.5 Å². The smallest absolute Gasteiger partial charge is 0.148 e. The van der Waals surface area contributed by atoms with E-state index in [4.69, 9.17) is 5.73 Å². The normalized spacial score (nSPS) is 39.9. The molecule has 0 atom stereocenters. The van der Waals surface area contributed by atoms with E-state index in [-0.39, 0.29) is 0 Å². The first kappa shape index (κ1) is 11.8. The van der Waals surface area contributed by atoms with Gasteiger partial charge < -0.3 is 5.73 Å². The van der Waals surface area contributed by atoms with Crippen molar-refractivity contribution in [2.45, 2.75) is 58.3 Å². The number of aromatic nitrogens is 2. The van der Waals surface area contributed by atoms with Crippen LogP contribution in [0.3, 0.4) is 0 Å². The highest BCUT2D eigenvalue weighted by molar-refractivity contribution is 5.40. The Labute approximate surface area is 115 Å². The van der Waals surface area contributed by atoms with Gasteiger partial charge in [0.1, 0.15) is 5.82 Å². The summed E-state index contributed by atoms with van der Waals surface area (Å²) in [6.45, 7) is 2.09. The van der Waals surface area contributed by atoms with Crippen LogP contribution >= 0.6 is 0 Å². The van der Waals surface area contributed by atoms with E-state index < -0.39 is 0 Å². The van der Waals surface area contributed by atoms with Gasteiger partial charge in [0.25, 0.3) is 0 Å². The van der Waals surface area contributed by atoms with Crippen molar-refractivity contribution in [3.8, 4) is 0 Å². The molecule has 5 rings (SSSR count). The molecule has 4 aliphatic rings. The molecule has 104 valence electrons. The number of nitrogens with one attached hydrogen (secondary N) is 1. The molecule has 0 radical (unpaired) electrons. The lowest BCUT2D eigenvalue weighted by Gasteiger charge is -2.57. The first-order valence-electron chi connectivity index (χ1n) is 7.93. The number of hydrogen-bond acceptors (Lipinski definition) is 2. The molecule has 3 N–H and O–H groups in total. The maximum absolute atomic E-state index is 5.83.